The zero-order valence-corrected chi connectivity index (χ0v) is 28.3. The Bertz CT molecular complexity index is 2770. The smallest absolute Gasteiger partial charge is 0.160 e. The molecule has 0 saturated heterocycles. The first-order valence-corrected chi connectivity index (χ1v) is 17.6. The Labute approximate surface area is 301 Å². The summed E-state index contributed by atoms with van der Waals surface area (Å²) in [6, 6.07) is 68.5. The number of para-hydroxylation sites is 3. The van der Waals surface area contributed by atoms with Gasteiger partial charge in [-0.15, -0.1) is 0 Å². The molecule has 0 bridgehead atoms. The predicted molar refractivity (Wildman–Crippen MR) is 215 cm³/mol. The standard InChI is InChI=1S/C48H32N4/c1-3-14-33(15-4-1)42-32-43(34-16-5-2-6-17-34)50-48(49-42)37-19-13-20-39(30-37)52-44-23-10-7-18-36(44)31-47(52)35-26-28-38(29-27-35)51-45-24-11-8-21-40(45)41-22-9-12-25-46(41)51/h1-32H. The van der Waals surface area contributed by atoms with Gasteiger partial charge >= 0.3 is 0 Å². The molecule has 0 unspecified atom stereocenters. The molecule has 0 amide bonds. The van der Waals surface area contributed by atoms with E-state index < -0.39 is 0 Å². The van der Waals surface area contributed by atoms with E-state index in [1.54, 1.807) is 0 Å². The molecule has 0 aliphatic carbocycles. The van der Waals surface area contributed by atoms with Crippen molar-refractivity contribution >= 4 is 32.7 Å². The minimum atomic E-state index is 0.690. The first-order chi connectivity index (χ1) is 25.8. The van der Waals surface area contributed by atoms with Crippen molar-refractivity contribution in [1.82, 2.24) is 19.1 Å². The lowest BCUT2D eigenvalue weighted by molar-refractivity contribution is 1.12. The monoisotopic (exact) mass is 664 g/mol. The Morgan fingerprint density at radius 1 is 0.327 bits per heavy atom. The number of aromatic nitrogens is 4. The molecule has 52 heavy (non-hydrogen) atoms. The molecule has 7 aromatic carbocycles. The van der Waals surface area contributed by atoms with E-state index in [0.717, 1.165) is 56.2 Å². The summed E-state index contributed by atoms with van der Waals surface area (Å²) in [6.45, 7) is 0. The van der Waals surface area contributed by atoms with E-state index in [0.29, 0.717) is 5.82 Å². The molecule has 244 valence electrons. The molecule has 3 aromatic heterocycles. The fraction of sp³-hybridized carbons (Fsp3) is 0. The number of fused-ring (bicyclic) bond motifs is 4. The molecule has 0 atom stereocenters. The van der Waals surface area contributed by atoms with Crippen LogP contribution in [-0.2, 0) is 0 Å². The van der Waals surface area contributed by atoms with Crippen molar-refractivity contribution in [3.63, 3.8) is 0 Å². The Hall–Kier alpha value is -7.04. The molecule has 0 saturated carbocycles. The van der Waals surface area contributed by atoms with Crippen LogP contribution in [0.15, 0.2) is 194 Å². The molecule has 0 radical (unpaired) electrons. The average Bonchev–Trinajstić information content (AvgIpc) is 3.78. The van der Waals surface area contributed by atoms with Crippen LogP contribution in [0.25, 0.3) is 89.2 Å². The summed E-state index contributed by atoms with van der Waals surface area (Å²) in [6.07, 6.45) is 0. The largest absolute Gasteiger partial charge is 0.309 e. The van der Waals surface area contributed by atoms with Gasteiger partial charge in [-0.1, -0.05) is 140 Å². The van der Waals surface area contributed by atoms with Gasteiger partial charge < -0.3 is 9.13 Å². The van der Waals surface area contributed by atoms with Crippen LogP contribution in [0.3, 0.4) is 0 Å². The Morgan fingerprint density at radius 3 is 1.50 bits per heavy atom. The van der Waals surface area contributed by atoms with Crippen LogP contribution in [0.4, 0.5) is 0 Å². The highest BCUT2D eigenvalue weighted by Gasteiger charge is 2.17. The van der Waals surface area contributed by atoms with Crippen LogP contribution in [0, 0.1) is 0 Å². The van der Waals surface area contributed by atoms with Gasteiger partial charge in [-0.25, -0.2) is 9.97 Å². The van der Waals surface area contributed by atoms with Crippen molar-refractivity contribution in [2.75, 3.05) is 0 Å². The van der Waals surface area contributed by atoms with Gasteiger partial charge in [0.15, 0.2) is 5.82 Å². The third-order valence-electron chi connectivity index (χ3n) is 9.94. The van der Waals surface area contributed by atoms with E-state index in [4.69, 9.17) is 9.97 Å². The number of benzene rings is 7. The fourth-order valence-corrected chi connectivity index (χ4v) is 7.50. The third kappa shape index (κ3) is 5.09. The zero-order valence-electron chi connectivity index (χ0n) is 28.3. The normalized spacial score (nSPS) is 11.5. The average molecular weight is 665 g/mol. The van der Waals surface area contributed by atoms with Gasteiger partial charge in [-0.3, -0.25) is 0 Å². The molecule has 0 spiro atoms. The van der Waals surface area contributed by atoms with Crippen molar-refractivity contribution in [1.29, 1.82) is 0 Å². The number of nitrogens with zero attached hydrogens (tertiary/aromatic N) is 4. The summed E-state index contributed by atoms with van der Waals surface area (Å²) < 4.78 is 4.72. The highest BCUT2D eigenvalue weighted by Crippen LogP contribution is 2.36. The second-order valence-corrected chi connectivity index (χ2v) is 13.1. The maximum Gasteiger partial charge on any atom is 0.160 e. The first kappa shape index (κ1) is 29.8. The zero-order chi connectivity index (χ0) is 34.4. The molecule has 10 rings (SSSR count). The molecule has 0 N–H and O–H groups in total. The molecule has 3 heterocycles. The van der Waals surface area contributed by atoms with Crippen molar-refractivity contribution in [2.45, 2.75) is 0 Å². The first-order valence-electron chi connectivity index (χ1n) is 17.6. The lowest BCUT2D eigenvalue weighted by atomic mass is 10.1. The summed E-state index contributed by atoms with van der Waals surface area (Å²) in [5, 5.41) is 3.70. The molecule has 0 aliphatic heterocycles. The molecule has 10 aromatic rings. The van der Waals surface area contributed by atoms with Crippen LogP contribution in [-0.4, -0.2) is 19.1 Å². The third-order valence-corrected chi connectivity index (χ3v) is 9.94. The van der Waals surface area contributed by atoms with Crippen molar-refractivity contribution in [2.24, 2.45) is 0 Å². The van der Waals surface area contributed by atoms with Crippen LogP contribution in [0.2, 0.25) is 0 Å². The van der Waals surface area contributed by atoms with Crippen molar-refractivity contribution in [3.05, 3.63) is 194 Å². The van der Waals surface area contributed by atoms with E-state index in [9.17, 15) is 0 Å². The predicted octanol–water partition coefficient (Wildman–Crippen LogP) is 12.2. The molecule has 0 fully saturated rings. The van der Waals surface area contributed by atoms with Gasteiger partial charge in [0.25, 0.3) is 0 Å². The Kier molecular flexibility index (Phi) is 7.10. The van der Waals surface area contributed by atoms with Crippen LogP contribution >= 0.6 is 0 Å². The van der Waals surface area contributed by atoms with E-state index in [1.807, 2.05) is 36.4 Å². The maximum absolute atomic E-state index is 5.12. The van der Waals surface area contributed by atoms with Crippen molar-refractivity contribution < 1.29 is 0 Å². The van der Waals surface area contributed by atoms with Crippen LogP contribution in [0.5, 0.6) is 0 Å². The highest BCUT2D eigenvalue weighted by molar-refractivity contribution is 6.09. The van der Waals surface area contributed by atoms with Gasteiger partial charge in [0.2, 0.25) is 0 Å². The Balaban J connectivity index is 1.10. The Morgan fingerprint density at radius 2 is 0.865 bits per heavy atom. The summed E-state index contributed by atoms with van der Waals surface area (Å²) in [5.74, 6) is 0.690. The minimum absolute atomic E-state index is 0.690. The van der Waals surface area contributed by atoms with E-state index in [2.05, 4.69) is 167 Å². The van der Waals surface area contributed by atoms with E-state index in [1.165, 1.54) is 27.2 Å². The summed E-state index contributed by atoms with van der Waals surface area (Å²) in [7, 11) is 0. The number of hydrogen-bond acceptors (Lipinski definition) is 2. The SMILES string of the molecule is c1ccc(-c2cc(-c3ccccc3)nc(-c3cccc(-n4c(-c5ccc(-n6c7ccccc7c7ccccc76)cc5)cc5ccccc54)c3)n2)cc1. The molecule has 4 nitrogen and oxygen atoms in total. The second kappa shape index (κ2) is 12.4. The van der Waals surface area contributed by atoms with Crippen LogP contribution in [0.1, 0.15) is 0 Å². The van der Waals surface area contributed by atoms with Gasteiger partial charge in [0.1, 0.15) is 0 Å². The van der Waals surface area contributed by atoms with Crippen LogP contribution < -0.4 is 0 Å². The summed E-state index contributed by atoms with van der Waals surface area (Å²) in [4.78, 5) is 10.2. The maximum atomic E-state index is 5.12. The minimum Gasteiger partial charge on any atom is -0.309 e. The van der Waals surface area contributed by atoms with Gasteiger partial charge in [-0.05, 0) is 60.2 Å². The lowest BCUT2D eigenvalue weighted by Crippen LogP contribution is -2.00. The highest BCUT2D eigenvalue weighted by atomic mass is 15.0. The van der Waals surface area contributed by atoms with Gasteiger partial charge in [0, 0.05) is 44.2 Å². The van der Waals surface area contributed by atoms with Gasteiger partial charge in [-0.2, -0.15) is 0 Å². The van der Waals surface area contributed by atoms with E-state index in [-0.39, 0.29) is 0 Å². The summed E-state index contributed by atoms with van der Waals surface area (Å²) in [5.41, 5.74) is 12.9. The topological polar surface area (TPSA) is 35.6 Å². The lowest BCUT2D eigenvalue weighted by Gasteiger charge is -2.14. The number of rotatable bonds is 6. The quantitative estimate of drug-likeness (QED) is 0.177. The molecule has 0 aliphatic rings. The van der Waals surface area contributed by atoms with Crippen molar-refractivity contribution in [3.8, 4) is 56.5 Å². The molecular formula is C48H32N4. The van der Waals surface area contributed by atoms with Gasteiger partial charge in [0.05, 0.1) is 33.6 Å². The fourth-order valence-electron chi connectivity index (χ4n) is 7.50. The molecule has 4 heteroatoms. The van der Waals surface area contributed by atoms with E-state index >= 15 is 0 Å². The second-order valence-electron chi connectivity index (χ2n) is 13.1. The summed E-state index contributed by atoms with van der Waals surface area (Å²) >= 11 is 0. The number of hydrogen-bond donors (Lipinski definition) is 0. The molecular weight excluding hydrogens is 633 g/mol.